The molecule has 1 aliphatic heterocycles. The molecule has 0 radical (unpaired) electrons. The molecule has 0 aliphatic carbocycles. The molecule has 0 amide bonds. The second-order valence-corrected chi connectivity index (χ2v) is 6.10. The highest BCUT2D eigenvalue weighted by Crippen LogP contribution is 2.33. The van der Waals surface area contributed by atoms with Gasteiger partial charge in [-0.25, -0.2) is 0 Å². The van der Waals surface area contributed by atoms with Gasteiger partial charge in [0.2, 0.25) is 0 Å². The van der Waals surface area contributed by atoms with Crippen molar-refractivity contribution in [2.24, 2.45) is 0 Å². The number of benzene rings is 1. The molecular formula is C12H13ClO4S. The quantitative estimate of drug-likeness (QED) is 0.900. The summed E-state index contributed by atoms with van der Waals surface area (Å²) >= 11 is 5.99. The monoisotopic (exact) mass is 288 g/mol. The van der Waals surface area contributed by atoms with Crippen LogP contribution in [0.1, 0.15) is 17.5 Å². The lowest BCUT2D eigenvalue weighted by molar-refractivity contribution is -0.136. The normalized spacial score (nSPS) is 14.9. The van der Waals surface area contributed by atoms with E-state index in [0.717, 1.165) is 23.3 Å². The zero-order valence-corrected chi connectivity index (χ0v) is 11.2. The second kappa shape index (κ2) is 5.71. The molecule has 1 unspecified atom stereocenters. The van der Waals surface area contributed by atoms with Gasteiger partial charge in [0.05, 0.1) is 18.8 Å². The number of carboxylic acids is 1. The van der Waals surface area contributed by atoms with Crippen LogP contribution in [-0.4, -0.2) is 27.6 Å². The highest BCUT2D eigenvalue weighted by molar-refractivity contribution is 7.84. The van der Waals surface area contributed by atoms with E-state index >= 15 is 0 Å². The molecule has 18 heavy (non-hydrogen) atoms. The van der Waals surface area contributed by atoms with E-state index in [-0.39, 0.29) is 17.9 Å². The third-order valence-electron chi connectivity index (χ3n) is 2.69. The maximum absolute atomic E-state index is 11.8. The predicted molar refractivity (Wildman–Crippen MR) is 69.6 cm³/mol. The van der Waals surface area contributed by atoms with Gasteiger partial charge in [-0.05, 0) is 17.7 Å². The molecule has 0 spiro atoms. The van der Waals surface area contributed by atoms with Gasteiger partial charge in [-0.2, -0.15) is 0 Å². The van der Waals surface area contributed by atoms with Crippen molar-refractivity contribution in [1.29, 1.82) is 0 Å². The number of ether oxygens (including phenoxy) is 1. The number of hydrogen-bond donors (Lipinski definition) is 1. The van der Waals surface area contributed by atoms with Crippen LogP contribution in [0.5, 0.6) is 5.75 Å². The van der Waals surface area contributed by atoms with Crippen LogP contribution in [0.25, 0.3) is 0 Å². The fraction of sp³-hybridized carbons (Fsp3) is 0.417. The standard InChI is InChI=1S/C12H13ClO4S/c13-10-5-8-1-3-17-12(8)9(6-10)7-18(16)4-2-11(14)15/h5-6H,1-4,7H2,(H,14,15). The Kier molecular flexibility index (Phi) is 4.24. The van der Waals surface area contributed by atoms with E-state index in [4.69, 9.17) is 21.4 Å². The largest absolute Gasteiger partial charge is 0.493 e. The van der Waals surface area contributed by atoms with Gasteiger partial charge in [0.25, 0.3) is 0 Å². The molecule has 98 valence electrons. The van der Waals surface area contributed by atoms with E-state index in [1.807, 2.05) is 6.07 Å². The van der Waals surface area contributed by atoms with Gasteiger partial charge in [0.1, 0.15) is 5.75 Å². The zero-order chi connectivity index (χ0) is 13.1. The number of halogens is 1. The minimum absolute atomic E-state index is 0.0871. The number of fused-ring (bicyclic) bond motifs is 1. The van der Waals surface area contributed by atoms with E-state index in [1.54, 1.807) is 6.07 Å². The predicted octanol–water partition coefficient (Wildman–Crippen LogP) is 2.00. The average molecular weight is 289 g/mol. The van der Waals surface area contributed by atoms with Crippen LogP contribution < -0.4 is 4.74 Å². The van der Waals surface area contributed by atoms with Crippen molar-refractivity contribution >= 4 is 28.4 Å². The van der Waals surface area contributed by atoms with E-state index in [1.165, 1.54) is 0 Å². The van der Waals surface area contributed by atoms with Crippen molar-refractivity contribution in [3.05, 3.63) is 28.3 Å². The van der Waals surface area contributed by atoms with Crippen LogP contribution >= 0.6 is 11.6 Å². The van der Waals surface area contributed by atoms with Crippen LogP contribution in [-0.2, 0) is 27.8 Å². The number of carbonyl (C=O) groups is 1. The maximum Gasteiger partial charge on any atom is 0.304 e. The number of rotatable bonds is 5. The van der Waals surface area contributed by atoms with Gasteiger partial charge in [0, 0.05) is 33.6 Å². The third-order valence-corrected chi connectivity index (χ3v) is 4.20. The first-order chi connectivity index (χ1) is 8.56. The summed E-state index contributed by atoms with van der Waals surface area (Å²) < 4.78 is 17.3. The summed E-state index contributed by atoms with van der Waals surface area (Å²) in [6.45, 7) is 0.616. The topological polar surface area (TPSA) is 63.6 Å². The molecule has 1 aliphatic rings. The van der Waals surface area contributed by atoms with Gasteiger partial charge in [-0.1, -0.05) is 11.6 Å². The van der Waals surface area contributed by atoms with Crippen molar-refractivity contribution < 1.29 is 18.8 Å². The fourth-order valence-electron chi connectivity index (χ4n) is 1.90. The van der Waals surface area contributed by atoms with Gasteiger partial charge < -0.3 is 9.84 Å². The summed E-state index contributed by atoms with van der Waals surface area (Å²) in [5.74, 6) is 0.270. The minimum atomic E-state index is -1.21. The van der Waals surface area contributed by atoms with Crippen LogP contribution in [0.15, 0.2) is 12.1 Å². The molecule has 4 nitrogen and oxygen atoms in total. The molecule has 1 aromatic carbocycles. The van der Waals surface area contributed by atoms with Crippen LogP contribution in [0.2, 0.25) is 5.02 Å². The Hall–Kier alpha value is -1.07. The van der Waals surface area contributed by atoms with Crippen LogP contribution in [0, 0.1) is 0 Å². The van der Waals surface area contributed by atoms with Crippen molar-refractivity contribution in [3.63, 3.8) is 0 Å². The molecule has 6 heteroatoms. The van der Waals surface area contributed by atoms with Gasteiger partial charge in [-0.3, -0.25) is 9.00 Å². The summed E-state index contributed by atoms with van der Waals surface area (Å²) in [5, 5.41) is 9.15. The number of carboxylic acid groups (broad SMARTS) is 1. The lowest BCUT2D eigenvalue weighted by Gasteiger charge is -2.08. The summed E-state index contributed by atoms with van der Waals surface area (Å²) in [4.78, 5) is 10.4. The molecule has 0 fully saturated rings. The number of aliphatic carboxylic acids is 1. The van der Waals surface area contributed by atoms with Gasteiger partial charge >= 0.3 is 5.97 Å². The van der Waals surface area contributed by atoms with E-state index in [0.29, 0.717) is 11.6 Å². The van der Waals surface area contributed by atoms with E-state index < -0.39 is 16.8 Å². The Bertz CT molecular complexity index is 501. The van der Waals surface area contributed by atoms with Crippen molar-refractivity contribution in [2.45, 2.75) is 18.6 Å². The molecule has 1 atom stereocenters. The minimum Gasteiger partial charge on any atom is -0.493 e. The molecule has 2 rings (SSSR count). The third kappa shape index (κ3) is 3.23. The highest BCUT2D eigenvalue weighted by Gasteiger charge is 2.19. The molecule has 0 saturated heterocycles. The lowest BCUT2D eigenvalue weighted by Crippen LogP contribution is -2.07. The SMILES string of the molecule is O=C(O)CCS(=O)Cc1cc(Cl)cc2c1OCC2. The van der Waals surface area contributed by atoms with E-state index in [9.17, 15) is 9.00 Å². The smallest absolute Gasteiger partial charge is 0.304 e. The molecule has 0 aromatic heterocycles. The molecule has 0 bridgehead atoms. The zero-order valence-electron chi connectivity index (χ0n) is 9.65. The fourth-order valence-corrected chi connectivity index (χ4v) is 3.27. The number of hydrogen-bond acceptors (Lipinski definition) is 3. The molecule has 1 heterocycles. The molecule has 1 N–H and O–H groups in total. The summed E-state index contributed by atoms with van der Waals surface area (Å²) in [6, 6.07) is 3.60. The maximum atomic E-state index is 11.8. The Balaban J connectivity index is 2.10. The Morgan fingerprint density at radius 2 is 2.28 bits per heavy atom. The summed E-state index contributed by atoms with van der Waals surface area (Å²) in [5.41, 5.74) is 1.84. The Morgan fingerprint density at radius 1 is 1.50 bits per heavy atom. The summed E-state index contributed by atoms with van der Waals surface area (Å²) in [7, 11) is -1.21. The van der Waals surface area contributed by atoms with Crippen molar-refractivity contribution in [2.75, 3.05) is 12.4 Å². The first kappa shape index (κ1) is 13.4. The lowest BCUT2D eigenvalue weighted by atomic mass is 10.1. The Morgan fingerprint density at radius 3 is 3.00 bits per heavy atom. The van der Waals surface area contributed by atoms with Crippen LogP contribution in [0.3, 0.4) is 0 Å². The first-order valence-corrected chi connectivity index (χ1v) is 7.43. The molecule has 0 saturated carbocycles. The van der Waals surface area contributed by atoms with Gasteiger partial charge in [-0.15, -0.1) is 0 Å². The van der Waals surface area contributed by atoms with Gasteiger partial charge in [0.15, 0.2) is 0 Å². The second-order valence-electron chi connectivity index (χ2n) is 4.08. The Labute approximate surface area is 112 Å². The van der Waals surface area contributed by atoms with Crippen molar-refractivity contribution in [3.8, 4) is 5.75 Å². The van der Waals surface area contributed by atoms with Crippen molar-refractivity contribution in [1.82, 2.24) is 0 Å². The first-order valence-electron chi connectivity index (χ1n) is 5.57. The molecule has 1 aromatic rings. The summed E-state index contributed by atoms with van der Waals surface area (Å²) in [6.07, 6.45) is 0.723. The van der Waals surface area contributed by atoms with E-state index in [2.05, 4.69) is 0 Å². The highest BCUT2D eigenvalue weighted by atomic mass is 35.5. The average Bonchev–Trinajstić information content (AvgIpc) is 2.74. The van der Waals surface area contributed by atoms with Crippen LogP contribution in [0.4, 0.5) is 0 Å². The molecular weight excluding hydrogens is 276 g/mol.